The molecule has 0 aromatic heterocycles. The summed E-state index contributed by atoms with van der Waals surface area (Å²) in [5, 5.41) is 0. The van der Waals surface area contributed by atoms with Gasteiger partial charge in [-0.25, -0.2) is 0 Å². The van der Waals surface area contributed by atoms with Crippen LogP contribution in [0, 0.1) is 0 Å². The first kappa shape index (κ1) is 13.1. The fourth-order valence-corrected chi connectivity index (χ4v) is 2.88. The van der Waals surface area contributed by atoms with E-state index in [0.717, 1.165) is 14.7 Å². The molecule has 1 aromatic carbocycles. The molecule has 92 valence electrons. The second-order valence-electron chi connectivity index (χ2n) is 3.75. The predicted molar refractivity (Wildman–Crippen MR) is 71.3 cm³/mol. The molecule has 1 aliphatic carbocycles. The van der Waals surface area contributed by atoms with E-state index in [2.05, 4.69) is 31.9 Å². The molecular weight excluding hydrogens is 352 g/mol. The minimum atomic E-state index is -0.418. The lowest BCUT2D eigenvalue weighted by Gasteiger charge is -2.34. The zero-order chi connectivity index (χ0) is 12.4. The van der Waals surface area contributed by atoms with Crippen molar-refractivity contribution in [2.24, 2.45) is 0 Å². The average molecular weight is 364 g/mol. The number of rotatable bonds is 4. The number of ketones is 1. The summed E-state index contributed by atoms with van der Waals surface area (Å²) in [6.45, 7) is 2.39. The van der Waals surface area contributed by atoms with E-state index in [1.54, 1.807) is 0 Å². The number of halogens is 2. The lowest BCUT2D eigenvalue weighted by atomic mass is 9.90. The number of para-hydroxylation sites is 1. The van der Waals surface area contributed by atoms with Gasteiger partial charge in [-0.05, 0) is 50.9 Å². The third-order valence-electron chi connectivity index (χ3n) is 2.59. The molecule has 2 atom stereocenters. The fourth-order valence-electron chi connectivity index (χ4n) is 1.70. The maximum atomic E-state index is 11.4. The molecule has 2 rings (SSSR count). The fraction of sp³-hybridized carbons (Fsp3) is 0.417. The number of hydrogen-bond donors (Lipinski definition) is 0. The number of benzene rings is 1. The van der Waals surface area contributed by atoms with E-state index in [1.165, 1.54) is 0 Å². The van der Waals surface area contributed by atoms with Gasteiger partial charge in [-0.15, -0.1) is 0 Å². The van der Waals surface area contributed by atoms with Crippen LogP contribution in [-0.4, -0.2) is 24.6 Å². The second kappa shape index (κ2) is 5.50. The van der Waals surface area contributed by atoms with E-state index < -0.39 is 6.10 Å². The quantitative estimate of drug-likeness (QED) is 0.823. The average Bonchev–Trinajstić information content (AvgIpc) is 2.29. The molecule has 0 saturated heterocycles. The van der Waals surface area contributed by atoms with Gasteiger partial charge < -0.3 is 9.47 Å². The Morgan fingerprint density at radius 2 is 2.00 bits per heavy atom. The molecule has 1 aliphatic rings. The maximum absolute atomic E-state index is 11.4. The van der Waals surface area contributed by atoms with Crippen molar-refractivity contribution >= 4 is 37.6 Å². The highest BCUT2D eigenvalue weighted by atomic mass is 79.9. The molecule has 0 spiro atoms. The van der Waals surface area contributed by atoms with Crippen molar-refractivity contribution in [3.63, 3.8) is 0 Å². The van der Waals surface area contributed by atoms with Crippen LogP contribution in [0.1, 0.15) is 13.3 Å². The molecule has 1 aromatic rings. The molecule has 1 saturated carbocycles. The molecule has 0 bridgehead atoms. The Balaban J connectivity index is 2.09. The van der Waals surface area contributed by atoms with Gasteiger partial charge in [0.05, 0.1) is 8.95 Å². The van der Waals surface area contributed by atoms with Crippen molar-refractivity contribution in [1.82, 2.24) is 0 Å². The van der Waals surface area contributed by atoms with Crippen LogP contribution >= 0.6 is 31.9 Å². The van der Waals surface area contributed by atoms with Crippen LogP contribution in [0.3, 0.4) is 0 Å². The van der Waals surface area contributed by atoms with Crippen molar-refractivity contribution < 1.29 is 14.3 Å². The summed E-state index contributed by atoms with van der Waals surface area (Å²) in [4.78, 5) is 11.4. The van der Waals surface area contributed by atoms with Crippen molar-refractivity contribution in [3.8, 4) is 5.75 Å². The Morgan fingerprint density at radius 1 is 1.35 bits per heavy atom. The first-order chi connectivity index (χ1) is 8.13. The Bertz CT molecular complexity index is 414. The highest BCUT2D eigenvalue weighted by molar-refractivity contribution is 9.11. The van der Waals surface area contributed by atoms with Gasteiger partial charge in [-0.1, -0.05) is 6.07 Å². The van der Waals surface area contributed by atoms with Crippen LogP contribution in [0.4, 0.5) is 0 Å². The van der Waals surface area contributed by atoms with Gasteiger partial charge in [0.25, 0.3) is 0 Å². The zero-order valence-corrected chi connectivity index (χ0v) is 12.5. The lowest BCUT2D eigenvalue weighted by molar-refractivity contribution is -0.154. The molecule has 5 heteroatoms. The normalized spacial score (nSPS) is 23.4. The smallest absolute Gasteiger partial charge is 0.169 e. The summed E-state index contributed by atoms with van der Waals surface area (Å²) in [6, 6.07) is 5.71. The van der Waals surface area contributed by atoms with E-state index in [-0.39, 0.29) is 11.9 Å². The molecule has 2 unspecified atom stereocenters. The molecule has 0 N–H and O–H groups in total. The number of hydrogen-bond acceptors (Lipinski definition) is 3. The van der Waals surface area contributed by atoms with Crippen molar-refractivity contribution in [3.05, 3.63) is 27.1 Å². The van der Waals surface area contributed by atoms with Crippen molar-refractivity contribution in [2.45, 2.75) is 25.6 Å². The molecular formula is C12H12Br2O3. The van der Waals surface area contributed by atoms with Crippen LogP contribution in [0.15, 0.2) is 27.1 Å². The van der Waals surface area contributed by atoms with Crippen LogP contribution in [-0.2, 0) is 9.53 Å². The number of ether oxygens (including phenoxy) is 2. The third-order valence-corrected chi connectivity index (χ3v) is 3.84. The number of carbonyl (C=O) groups excluding carboxylic acids is 1. The predicted octanol–water partition coefficient (Wildman–Crippen LogP) is 3.34. The van der Waals surface area contributed by atoms with E-state index in [1.807, 2.05) is 25.1 Å². The Morgan fingerprint density at radius 3 is 2.53 bits per heavy atom. The lowest BCUT2D eigenvalue weighted by Crippen LogP contribution is -2.52. The molecule has 0 heterocycles. The maximum Gasteiger partial charge on any atom is 0.169 e. The van der Waals surface area contributed by atoms with Crippen LogP contribution < -0.4 is 4.74 Å². The van der Waals surface area contributed by atoms with E-state index in [4.69, 9.17) is 9.47 Å². The van der Waals surface area contributed by atoms with Crippen LogP contribution in [0.5, 0.6) is 5.75 Å². The summed E-state index contributed by atoms with van der Waals surface area (Å²) < 4.78 is 12.9. The monoisotopic (exact) mass is 362 g/mol. The van der Waals surface area contributed by atoms with Crippen molar-refractivity contribution in [2.75, 3.05) is 6.61 Å². The molecule has 1 fully saturated rings. The molecule has 3 nitrogen and oxygen atoms in total. The molecule has 0 amide bonds. The minimum absolute atomic E-state index is 0.111. The topological polar surface area (TPSA) is 35.5 Å². The van der Waals surface area contributed by atoms with Crippen molar-refractivity contribution in [1.29, 1.82) is 0 Å². The largest absolute Gasteiger partial charge is 0.484 e. The minimum Gasteiger partial charge on any atom is -0.484 e. The summed E-state index contributed by atoms with van der Waals surface area (Å²) >= 11 is 6.84. The van der Waals surface area contributed by atoms with E-state index >= 15 is 0 Å². The highest BCUT2D eigenvalue weighted by Gasteiger charge is 2.42. The van der Waals surface area contributed by atoms with Gasteiger partial charge in [0.2, 0.25) is 0 Å². The number of carbonyl (C=O) groups is 1. The Hall–Kier alpha value is -0.390. The van der Waals surface area contributed by atoms with Gasteiger partial charge in [-0.3, -0.25) is 4.79 Å². The second-order valence-corrected chi connectivity index (χ2v) is 5.46. The van der Waals surface area contributed by atoms with Gasteiger partial charge in [0.15, 0.2) is 11.9 Å². The van der Waals surface area contributed by atoms with E-state index in [9.17, 15) is 4.79 Å². The van der Waals surface area contributed by atoms with Gasteiger partial charge in [0.1, 0.15) is 11.9 Å². The first-order valence-electron chi connectivity index (χ1n) is 5.38. The number of Topliss-reactive ketones (excluding diaryl/α,β-unsaturated/α-hetero) is 1. The first-order valence-corrected chi connectivity index (χ1v) is 6.97. The Labute approximate surface area is 117 Å². The van der Waals surface area contributed by atoms with Gasteiger partial charge in [0, 0.05) is 13.0 Å². The molecule has 17 heavy (non-hydrogen) atoms. The van der Waals surface area contributed by atoms with Crippen LogP contribution in [0.2, 0.25) is 0 Å². The summed E-state index contributed by atoms with van der Waals surface area (Å²) in [6.07, 6.45) is -0.185. The Kier molecular flexibility index (Phi) is 4.22. The summed E-state index contributed by atoms with van der Waals surface area (Å²) in [5.74, 6) is 0.828. The summed E-state index contributed by atoms with van der Waals surface area (Å²) in [5.41, 5.74) is 0. The standard InChI is InChI=1S/C12H12Br2O3/c1-2-16-12-9(15)6-10(12)17-11-7(13)4-3-5-8(11)14/h3-5,10,12H,2,6H2,1H3. The third kappa shape index (κ3) is 2.72. The van der Waals surface area contributed by atoms with Gasteiger partial charge in [-0.2, -0.15) is 0 Å². The van der Waals surface area contributed by atoms with Gasteiger partial charge >= 0.3 is 0 Å². The SMILES string of the molecule is CCOC1C(=O)CC1Oc1c(Br)cccc1Br. The molecule has 0 radical (unpaired) electrons. The summed E-state index contributed by atoms with van der Waals surface area (Å²) in [7, 11) is 0. The zero-order valence-electron chi connectivity index (χ0n) is 9.28. The molecule has 0 aliphatic heterocycles. The van der Waals surface area contributed by atoms with E-state index in [0.29, 0.717) is 13.0 Å². The highest BCUT2D eigenvalue weighted by Crippen LogP contribution is 2.36. The van der Waals surface area contributed by atoms with Crippen LogP contribution in [0.25, 0.3) is 0 Å².